The molecule has 0 amide bonds. The number of rotatable bonds is 2. The smallest absolute Gasteiger partial charge is 0.206 e. The van der Waals surface area contributed by atoms with Gasteiger partial charge in [-0.3, -0.25) is 4.79 Å². The number of fused-ring (bicyclic) bond motifs is 1. The minimum atomic E-state index is -0.120. The Labute approximate surface area is 113 Å². The van der Waals surface area contributed by atoms with Gasteiger partial charge in [-0.2, -0.15) is 0 Å². The molecule has 0 bridgehead atoms. The van der Waals surface area contributed by atoms with Crippen LogP contribution in [0.3, 0.4) is 0 Å². The highest BCUT2D eigenvalue weighted by Gasteiger charge is 2.29. The zero-order valence-corrected chi connectivity index (χ0v) is 11.2. The van der Waals surface area contributed by atoms with Crippen LogP contribution in [0.25, 0.3) is 0 Å². The van der Waals surface area contributed by atoms with Crippen LogP contribution in [0.15, 0.2) is 45.5 Å². The van der Waals surface area contributed by atoms with E-state index in [1.54, 1.807) is 6.07 Å². The van der Waals surface area contributed by atoms with Crippen molar-refractivity contribution in [2.45, 2.75) is 12.3 Å². The first-order valence-electron chi connectivity index (χ1n) is 5.87. The van der Waals surface area contributed by atoms with Crippen LogP contribution < -0.4 is 5.32 Å². The van der Waals surface area contributed by atoms with Crippen LogP contribution in [0.1, 0.15) is 28.5 Å². The van der Waals surface area contributed by atoms with E-state index in [1.807, 2.05) is 24.3 Å². The number of hydrogen-bond donors (Lipinski definition) is 1. The first kappa shape index (κ1) is 11.5. The predicted molar refractivity (Wildman–Crippen MR) is 73.0 cm³/mol. The predicted octanol–water partition coefficient (Wildman–Crippen LogP) is 3.82. The Morgan fingerprint density at radius 3 is 2.94 bits per heavy atom. The molecule has 2 aromatic rings. The van der Waals surface area contributed by atoms with Crippen LogP contribution in [0.2, 0.25) is 0 Å². The van der Waals surface area contributed by atoms with Crippen LogP contribution in [0.5, 0.6) is 0 Å². The molecule has 4 heteroatoms. The first-order valence-corrected chi connectivity index (χ1v) is 6.66. The molecule has 18 heavy (non-hydrogen) atoms. The Hall–Kier alpha value is -1.55. The summed E-state index contributed by atoms with van der Waals surface area (Å²) in [4.78, 5) is 12.5. The van der Waals surface area contributed by atoms with E-state index in [0.29, 0.717) is 5.76 Å². The van der Waals surface area contributed by atoms with E-state index in [1.165, 1.54) is 6.26 Å². The molecule has 0 saturated heterocycles. The second-order valence-corrected chi connectivity index (χ2v) is 5.17. The lowest BCUT2D eigenvalue weighted by Crippen LogP contribution is -2.23. The zero-order chi connectivity index (χ0) is 12.5. The quantitative estimate of drug-likeness (QED) is 0.858. The molecule has 1 aromatic heterocycles. The summed E-state index contributed by atoms with van der Waals surface area (Å²) >= 11 is 3.34. The van der Waals surface area contributed by atoms with Crippen LogP contribution in [-0.4, -0.2) is 12.3 Å². The molecule has 0 fully saturated rings. The molecule has 0 saturated carbocycles. The van der Waals surface area contributed by atoms with Gasteiger partial charge in [0.1, 0.15) is 0 Å². The lowest BCUT2D eigenvalue weighted by molar-refractivity contribution is 0.0927. The summed E-state index contributed by atoms with van der Waals surface area (Å²) in [6.07, 6.45) is 2.33. The number of anilines is 1. The fourth-order valence-electron chi connectivity index (χ4n) is 2.37. The Bertz CT molecular complexity index is 591. The number of carbonyl (C=O) groups excluding carboxylic acids is 1. The molecule has 1 N–H and O–H groups in total. The third kappa shape index (κ3) is 1.86. The lowest BCUT2D eigenvalue weighted by atomic mass is 9.87. The molecule has 1 aliphatic rings. The minimum Gasteiger partial charge on any atom is -0.460 e. The van der Waals surface area contributed by atoms with E-state index in [4.69, 9.17) is 4.42 Å². The summed E-state index contributed by atoms with van der Waals surface area (Å²) in [6.45, 7) is 0.811. The maximum absolute atomic E-state index is 12.5. The van der Waals surface area contributed by atoms with Crippen LogP contribution in [-0.2, 0) is 0 Å². The number of benzene rings is 1. The Balaban J connectivity index is 2.00. The van der Waals surface area contributed by atoms with Gasteiger partial charge in [0.25, 0.3) is 0 Å². The average molecular weight is 306 g/mol. The molecule has 3 rings (SSSR count). The molecule has 0 spiro atoms. The van der Waals surface area contributed by atoms with Crippen molar-refractivity contribution in [2.75, 3.05) is 11.9 Å². The van der Waals surface area contributed by atoms with E-state index in [2.05, 4.69) is 21.2 Å². The SMILES string of the molecule is O=C(c1occc1Br)C1CCNc2ccccc21. The van der Waals surface area contributed by atoms with Gasteiger partial charge < -0.3 is 9.73 Å². The largest absolute Gasteiger partial charge is 0.460 e. The highest BCUT2D eigenvalue weighted by Crippen LogP contribution is 2.35. The third-order valence-electron chi connectivity index (χ3n) is 3.24. The molecule has 1 unspecified atom stereocenters. The van der Waals surface area contributed by atoms with Gasteiger partial charge in [-0.25, -0.2) is 0 Å². The second kappa shape index (κ2) is 4.61. The summed E-state index contributed by atoms with van der Waals surface area (Å²) < 4.78 is 6.00. The molecular formula is C14H12BrNO2. The zero-order valence-electron chi connectivity index (χ0n) is 9.65. The monoisotopic (exact) mass is 305 g/mol. The minimum absolute atomic E-state index is 0.0424. The van der Waals surface area contributed by atoms with Crippen molar-refractivity contribution in [1.82, 2.24) is 0 Å². The molecule has 1 atom stereocenters. The number of ketones is 1. The molecule has 2 heterocycles. The van der Waals surface area contributed by atoms with Crippen molar-refractivity contribution < 1.29 is 9.21 Å². The van der Waals surface area contributed by atoms with Crippen molar-refractivity contribution in [2.24, 2.45) is 0 Å². The number of furan rings is 1. The van der Waals surface area contributed by atoms with Crippen LogP contribution >= 0.6 is 15.9 Å². The second-order valence-electron chi connectivity index (χ2n) is 4.32. The van der Waals surface area contributed by atoms with Crippen LogP contribution in [0.4, 0.5) is 5.69 Å². The summed E-state index contributed by atoms with van der Waals surface area (Å²) in [5.41, 5.74) is 2.10. The van der Waals surface area contributed by atoms with Gasteiger partial charge in [-0.05, 0) is 40.0 Å². The van der Waals surface area contributed by atoms with Crippen molar-refractivity contribution in [3.63, 3.8) is 0 Å². The Kier molecular flexibility index (Phi) is 2.96. The van der Waals surface area contributed by atoms with Crippen molar-refractivity contribution in [3.05, 3.63) is 52.4 Å². The van der Waals surface area contributed by atoms with E-state index in [0.717, 1.165) is 28.7 Å². The Morgan fingerprint density at radius 2 is 2.17 bits per heavy atom. The molecule has 92 valence electrons. The van der Waals surface area contributed by atoms with Gasteiger partial charge in [0.05, 0.1) is 16.7 Å². The number of Topliss-reactive ketones (excluding diaryl/α,β-unsaturated/α-hetero) is 1. The molecule has 1 aromatic carbocycles. The van der Waals surface area contributed by atoms with E-state index in [9.17, 15) is 4.79 Å². The van der Waals surface area contributed by atoms with Crippen LogP contribution in [0, 0.1) is 0 Å². The summed E-state index contributed by atoms with van der Waals surface area (Å²) in [5.74, 6) is 0.336. The van der Waals surface area contributed by atoms with Crippen molar-refractivity contribution >= 4 is 27.4 Å². The molecular weight excluding hydrogens is 294 g/mol. The standard InChI is InChI=1S/C14H12BrNO2/c15-11-6-8-18-14(11)13(17)10-5-7-16-12-4-2-1-3-9(10)12/h1-4,6,8,10,16H,5,7H2. The molecule has 3 nitrogen and oxygen atoms in total. The normalized spacial score (nSPS) is 17.9. The topological polar surface area (TPSA) is 42.2 Å². The van der Waals surface area contributed by atoms with Crippen molar-refractivity contribution in [3.8, 4) is 0 Å². The van der Waals surface area contributed by atoms with Gasteiger partial charge in [-0.1, -0.05) is 18.2 Å². The number of nitrogens with one attached hydrogen (secondary N) is 1. The average Bonchev–Trinajstić information content (AvgIpc) is 2.83. The summed E-state index contributed by atoms with van der Waals surface area (Å²) in [6, 6.07) is 9.69. The number of para-hydroxylation sites is 1. The van der Waals surface area contributed by atoms with Gasteiger partial charge in [0, 0.05) is 12.2 Å². The first-order chi connectivity index (χ1) is 8.77. The van der Waals surface area contributed by atoms with Crippen molar-refractivity contribution in [1.29, 1.82) is 0 Å². The molecule has 1 aliphatic heterocycles. The van der Waals surface area contributed by atoms with E-state index >= 15 is 0 Å². The highest BCUT2D eigenvalue weighted by atomic mass is 79.9. The molecule has 0 aliphatic carbocycles. The van der Waals surface area contributed by atoms with Gasteiger partial charge in [0.15, 0.2) is 5.76 Å². The highest BCUT2D eigenvalue weighted by molar-refractivity contribution is 9.10. The number of halogens is 1. The maximum atomic E-state index is 12.5. The summed E-state index contributed by atoms with van der Waals surface area (Å²) in [5, 5.41) is 3.31. The number of carbonyl (C=O) groups is 1. The lowest BCUT2D eigenvalue weighted by Gasteiger charge is -2.25. The van der Waals surface area contributed by atoms with E-state index in [-0.39, 0.29) is 11.7 Å². The Morgan fingerprint density at radius 1 is 1.33 bits per heavy atom. The third-order valence-corrected chi connectivity index (χ3v) is 3.87. The number of hydrogen-bond acceptors (Lipinski definition) is 3. The van der Waals surface area contributed by atoms with Gasteiger partial charge in [-0.15, -0.1) is 0 Å². The fourth-order valence-corrected chi connectivity index (χ4v) is 2.77. The van der Waals surface area contributed by atoms with Gasteiger partial charge >= 0.3 is 0 Å². The molecule has 0 radical (unpaired) electrons. The summed E-state index contributed by atoms with van der Waals surface area (Å²) in [7, 11) is 0. The van der Waals surface area contributed by atoms with E-state index < -0.39 is 0 Å². The maximum Gasteiger partial charge on any atom is 0.206 e. The fraction of sp³-hybridized carbons (Fsp3) is 0.214. The van der Waals surface area contributed by atoms with Gasteiger partial charge in [0.2, 0.25) is 5.78 Å².